The van der Waals surface area contributed by atoms with Gasteiger partial charge in [-0.3, -0.25) is 0 Å². The SMILES string of the molecule is CCSC1CCCC1n1c(C(C)Cl)nc2cccnc21. The Morgan fingerprint density at radius 1 is 1.50 bits per heavy atom. The lowest BCUT2D eigenvalue weighted by molar-refractivity contribution is 0.516. The molecular weight excluding hydrogens is 290 g/mol. The van der Waals surface area contributed by atoms with Crippen LogP contribution in [0.2, 0.25) is 0 Å². The van der Waals surface area contributed by atoms with Crippen molar-refractivity contribution in [1.82, 2.24) is 14.5 Å². The minimum Gasteiger partial charge on any atom is -0.307 e. The zero-order valence-corrected chi connectivity index (χ0v) is 13.5. The molecule has 0 spiro atoms. The smallest absolute Gasteiger partial charge is 0.160 e. The van der Waals surface area contributed by atoms with Gasteiger partial charge in [-0.05, 0) is 37.7 Å². The number of rotatable bonds is 4. The number of halogens is 1. The van der Waals surface area contributed by atoms with Crippen LogP contribution in [0.15, 0.2) is 18.3 Å². The highest BCUT2D eigenvalue weighted by Gasteiger charge is 2.32. The fraction of sp³-hybridized carbons (Fsp3) is 0.600. The quantitative estimate of drug-likeness (QED) is 0.775. The van der Waals surface area contributed by atoms with Crippen LogP contribution in [-0.4, -0.2) is 25.5 Å². The zero-order valence-electron chi connectivity index (χ0n) is 11.9. The van der Waals surface area contributed by atoms with Crippen molar-refractivity contribution in [1.29, 1.82) is 0 Å². The molecule has 1 aliphatic carbocycles. The second-order valence-corrected chi connectivity index (χ2v) is 7.47. The van der Waals surface area contributed by atoms with Crippen LogP contribution in [0.4, 0.5) is 0 Å². The largest absolute Gasteiger partial charge is 0.307 e. The van der Waals surface area contributed by atoms with E-state index in [0.717, 1.165) is 22.7 Å². The van der Waals surface area contributed by atoms with Crippen LogP contribution < -0.4 is 0 Å². The summed E-state index contributed by atoms with van der Waals surface area (Å²) in [6.45, 7) is 4.23. The van der Waals surface area contributed by atoms with Gasteiger partial charge in [-0.25, -0.2) is 9.97 Å². The molecule has 2 aromatic rings. The molecule has 1 fully saturated rings. The topological polar surface area (TPSA) is 30.7 Å². The van der Waals surface area contributed by atoms with E-state index in [1.165, 1.54) is 19.3 Å². The van der Waals surface area contributed by atoms with Gasteiger partial charge in [-0.1, -0.05) is 13.3 Å². The summed E-state index contributed by atoms with van der Waals surface area (Å²) in [6, 6.07) is 4.45. The lowest BCUT2D eigenvalue weighted by Crippen LogP contribution is -2.19. The maximum atomic E-state index is 6.37. The maximum Gasteiger partial charge on any atom is 0.160 e. The normalized spacial score (nSPS) is 24.4. The van der Waals surface area contributed by atoms with Gasteiger partial charge < -0.3 is 4.57 Å². The van der Waals surface area contributed by atoms with Crippen molar-refractivity contribution in [3.8, 4) is 0 Å². The van der Waals surface area contributed by atoms with E-state index >= 15 is 0 Å². The summed E-state index contributed by atoms with van der Waals surface area (Å²) in [5.74, 6) is 2.13. The fourth-order valence-corrected chi connectivity index (χ4v) is 4.56. The molecule has 5 heteroatoms. The third-order valence-electron chi connectivity index (χ3n) is 3.96. The molecule has 0 N–H and O–H groups in total. The Labute approximate surface area is 129 Å². The van der Waals surface area contributed by atoms with Gasteiger partial charge in [0.1, 0.15) is 11.3 Å². The van der Waals surface area contributed by atoms with Crippen molar-refractivity contribution in [2.24, 2.45) is 0 Å². The van der Waals surface area contributed by atoms with E-state index in [1.807, 2.05) is 25.3 Å². The minimum atomic E-state index is -0.0860. The summed E-state index contributed by atoms with van der Waals surface area (Å²) in [6.07, 6.45) is 5.62. The molecule has 0 amide bonds. The van der Waals surface area contributed by atoms with Crippen LogP contribution >= 0.6 is 23.4 Å². The van der Waals surface area contributed by atoms with Gasteiger partial charge in [0, 0.05) is 17.5 Å². The van der Waals surface area contributed by atoms with Gasteiger partial charge in [0.15, 0.2) is 5.65 Å². The first kappa shape index (κ1) is 14.2. The Kier molecular flexibility index (Phi) is 4.22. The molecule has 3 atom stereocenters. The van der Waals surface area contributed by atoms with E-state index in [-0.39, 0.29) is 5.38 Å². The van der Waals surface area contributed by atoms with E-state index < -0.39 is 0 Å². The Bertz CT molecular complexity index is 596. The lowest BCUT2D eigenvalue weighted by Gasteiger charge is -2.23. The summed E-state index contributed by atoms with van der Waals surface area (Å²) < 4.78 is 2.31. The van der Waals surface area contributed by atoms with Crippen LogP contribution in [0.5, 0.6) is 0 Å². The number of nitrogens with zero attached hydrogens (tertiary/aromatic N) is 3. The second-order valence-electron chi connectivity index (χ2n) is 5.29. The van der Waals surface area contributed by atoms with E-state index in [2.05, 4.69) is 28.2 Å². The number of pyridine rings is 1. The molecule has 20 heavy (non-hydrogen) atoms. The summed E-state index contributed by atoms with van der Waals surface area (Å²) >= 11 is 8.42. The Balaban J connectivity index is 2.11. The van der Waals surface area contributed by atoms with Gasteiger partial charge in [0.25, 0.3) is 0 Å². The van der Waals surface area contributed by atoms with Crippen molar-refractivity contribution in [3.05, 3.63) is 24.2 Å². The van der Waals surface area contributed by atoms with Gasteiger partial charge in [-0.2, -0.15) is 11.8 Å². The molecule has 0 radical (unpaired) electrons. The summed E-state index contributed by atoms with van der Waals surface area (Å²) in [5, 5.41) is 0.575. The highest BCUT2D eigenvalue weighted by molar-refractivity contribution is 7.99. The van der Waals surface area contributed by atoms with E-state index in [9.17, 15) is 0 Å². The van der Waals surface area contributed by atoms with Gasteiger partial charge in [0.05, 0.1) is 5.38 Å². The fourth-order valence-electron chi connectivity index (χ4n) is 3.17. The van der Waals surface area contributed by atoms with Crippen LogP contribution in [0.3, 0.4) is 0 Å². The lowest BCUT2D eigenvalue weighted by atomic mass is 10.2. The first-order valence-electron chi connectivity index (χ1n) is 7.31. The van der Waals surface area contributed by atoms with Crippen molar-refractivity contribution in [2.45, 2.75) is 49.8 Å². The number of imidazole rings is 1. The Hall–Kier alpha value is -0.740. The number of hydrogen-bond acceptors (Lipinski definition) is 3. The third kappa shape index (κ3) is 2.44. The molecular formula is C15H20ClN3S. The van der Waals surface area contributed by atoms with Crippen LogP contribution in [0.25, 0.3) is 11.2 Å². The zero-order chi connectivity index (χ0) is 14.1. The number of thioether (sulfide) groups is 1. The van der Waals surface area contributed by atoms with Crippen molar-refractivity contribution < 1.29 is 0 Å². The monoisotopic (exact) mass is 309 g/mol. The maximum absolute atomic E-state index is 6.37. The molecule has 0 bridgehead atoms. The number of fused-ring (bicyclic) bond motifs is 1. The van der Waals surface area contributed by atoms with E-state index in [4.69, 9.17) is 16.6 Å². The van der Waals surface area contributed by atoms with Crippen molar-refractivity contribution >= 4 is 34.5 Å². The molecule has 0 aliphatic heterocycles. The third-order valence-corrected chi connectivity index (χ3v) is 5.47. The van der Waals surface area contributed by atoms with Crippen LogP contribution in [0, 0.1) is 0 Å². The number of alkyl halides is 1. The predicted octanol–water partition coefficient (Wildman–Crippen LogP) is 4.58. The molecule has 3 unspecified atom stereocenters. The molecule has 1 saturated carbocycles. The van der Waals surface area contributed by atoms with Crippen molar-refractivity contribution in [3.63, 3.8) is 0 Å². The van der Waals surface area contributed by atoms with Crippen LogP contribution in [0.1, 0.15) is 50.4 Å². The van der Waals surface area contributed by atoms with E-state index in [1.54, 1.807) is 0 Å². The molecule has 108 valence electrons. The average Bonchev–Trinajstić information content (AvgIpc) is 3.02. The van der Waals surface area contributed by atoms with Crippen LogP contribution in [-0.2, 0) is 0 Å². The van der Waals surface area contributed by atoms with Crippen molar-refractivity contribution in [2.75, 3.05) is 5.75 Å². The Morgan fingerprint density at radius 2 is 2.35 bits per heavy atom. The minimum absolute atomic E-state index is 0.0860. The second kappa shape index (κ2) is 5.94. The average molecular weight is 310 g/mol. The highest BCUT2D eigenvalue weighted by atomic mass is 35.5. The first-order chi connectivity index (χ1) is 9.72. The van der Waals surface area contributed by atoms with Gasteiger partial charge in [-0.15, -0.1) is 11.6 Å². The molecule has 2 heterocycles. The summed E-state index contributed by atoms with van der Waals surface area (Å²) in [5.41, 5.74) is 1.95. The Morgan fingerprint density at radius 3 is 3.10 bits per heavy atom. The number of aromatic nitrogens is 3. The molecule has 1 aliphatic rings. The molecule has 3 rings (SSSR count). The standard InChI is InChI=1S/C15H20ClN3S/c1-3-20-13-8-4-7-12(13)19-14(10(2)16)18-11-6-5-9-17-15(11)19/h5-6,9-10,12-13H,3-4,7-8H2,1-2H3. The van der Waals surface area contributed by atoms with E-state index in [0.29, 0.717) is 11.3 Å². The summed E-state index contributed by atoms with van der Waals surface area (Å²) in [4.78, 5) is 9.27. The van der Waals surface area contributed by atoms with Gasteiger partial charge >= 0.3 is 0 Å². The highest BCUT2D eigenvalue weighted by Crippen LogP contribution is 2.41. The molecule has 0 saturated heterocycles. The molecule has 2 aromatic heterocycles. The molecule has 0 aromatic carbocycles. The van der Waals surface area contributed by atoms with Gasteiger partial charge in [0.2, 0.25) is 0 Å². The predicted molar refractivity (Wildman–Crippen MR) is 86.6 cm³/mol. The number of hydrogen-bond donors (Lipinski definition) is 0. The first-order valence-corrected chi connectivity index (χ1v) is 8.79. The molecule has 3 nitrogen and oxygen atoms in total. The summed E-state index contributed by atoms with van der Waals surface area (Å²) in [7, 11) is 0.